The topological polar surface area (TPSA) is 59.0 Å². The SMILES string of the molecule is COc1cc(C2(O)CC3CCC(C2)N3C(=O)OCC2c3ccccc3-c3ccccc32)ccc1C. The van der Waals surface area contributed by atoms with Gasteiger partial charge in [-0.3, -0.25) is 0 Å². The van der Waals surface area contributed by atoms with Crippen molar-refractivity contribution in [3.05, 3.63) is 89.0 Å². The number of carbonyl (C=O) groups excluding carboxylic acids is 1. The second kappa shape index (κ2) is 8.42. The van der Waals surface area contributed by atoms with Gasteiger partial charge in [-0.2, -0.15) is 0 Å². The van der Waals surface area contributed by atoms with Crippen LogP contribution in [0.2, 0.25) is 0 Å². The molecule has 2 aliphatic heterocycles. The molecule has 6 rings (SSSR count). The summed E-state index contributed by atoms with van der Waals surface area (Å²) < 4.78 is 11.5. The molecule has 1 N–H and O–H groups in total. The van der Waals surface area contributed by atoms with E-state index in [1.807, 2.05) is 42.2 Å². The fourth-order valence-corrected chi connectivity index (χ4v) is 6.54. The number of carbonyl (C=O) groups is 1. The molecule has 180 valence electrons. The van der Waals surface area contributed by atoms with E-state index >= 15 is 0 Å². The number of methoxy groups -OCH3 is 1. The van der Waals surface area contributed by atoms with Crippen LogP contribution in [-0.2, 0) is 10.3 Å². The standard InChI is InChI=1S/C30H31NO4/c1-19-11-12-20(15-28(19)34-2)30(33)16-21-13-14-22(17-30)31(21)29(32)35-18-27-25-9-5-3-7-23(25)24-8-4-6-10-26(24)27/h3-12,15,21-22,27,33H,13-14,16-18H2,1-2H3. The molecule has 2 unspecified atom stereocenters. The van der Waals surface area contributed by atoms with E-state index in [4.69, 9.17) is 9.47 Å². The van der Waals surface area contributed by atoms with Crippen LogP contribution in [0.5, 0.6) is 5.75 Å². The number of amides is 1. The fraction of sp³-hybridized carbons (Fsp3) is 0.367. The molecular weight excluding hydrogens is 438 g/mol. The van der Waals surface area contributed by atoms with E-state index in [1.54, 1.807) is 7.11 Å². The average molecular weight is 470 g/mol. The van der Waals surface area contributed by atoms with E-state index in [-0.39, 0.29) is 24.1 Å². The van der Waals surface area contributed by atoms with Crippen LogP contribution in [0.25, 0.3) is 11.1 Å². The van der Waals surface area contributed by atoms with Gasteiger partial charge in [0.2, 0.25) is 0 Å². The molecule has 0 saturated carbocycles. The Balaban J connectivity index is 1.18. The van der Waals surface area contributed by atoms with Crippen molar-refractivity contribution in [2.45, 2.75) is 56.2 Å². The van der Waals surface area contributed by atoms with E-state index < -0.39 is 5.60 Å². The van der Waals surface area contributed by atoms with Crippen molar-refractivity contribution in [1.29, 1.82) is 0 Å². The molecule has 0 radical (unpaired) electrons. The van der Waals surface area contributed by atoms with Crippen LogP contribution in [0.1, 0.15) is 53.9 Å². The number of aryl methyl sites for hydroxylation is 1. The molecule has 5 nitrogen and oxygen atoms in total. The van der Waals surface area contributed by atoms with Crippen LogP contribution in [0.3, 0.4) is 0 Å². The van der Waals surface area contributed by atoms with Gasteiger partial charge in [-0.15, -0.1) is 0 Å². The van der Waals surface area contributed by atoms with Crippen molar-refractivity contribution in [3.8, 4) is 16.9 Å². The maximum Gasteiger partial charge on any atom is 0.410 e. The van der Waals surface area contributed by atoms with Gasteiger partial charge in [0.05, 0.1) is 12.7 Å². The lowest BCUT2D eigenvalue weighted by Crippen LogP contribution is -2.52. The molecule has 2 atom stereocenters. The van der Waals surface area contributed by atoms with Crippen LogP contribution in [0.4, 0.5) is 4.79 Å². The fourth-order valence-electron chi connectivity index (χ4n) is 6.54. The van der Waals surface area contributed by atoms with Crippen LogP contribution >= 0.6 is 0 Å². The van der Waals surface area contributed by atoms with E-state index in [0.29, 0.717) is 19.4 Å². The minimum atomic E-state index is -0.965. The third-order valence-electron chi connectivity index (χ3n) is 8.26. The Morgan fingerprint density at radius 2 is 1.57 bits per heavy atom. The van der Waals surface area contributed by atoms with Gasteiger partial charge in [0, 0.05) is 30.8 Å². The number of piperidine rings is 1. The normalized spacial score (nSPS) is 24.7. The van der Waals surface area contributed by atoms with Crippen molar-refractivity contribution >= 4 is 6.09 Å². The third-order valence-corrected chi connectivity index (χ3v) is 8.26. The van der Waals surface area contributed by atoms with Crippen LogP contribution in [0.15, 0.2) is 66.7 Å². The molecule has 1 aliphatic carbocycles. The Hall–Kier alpha value is -3.31. The first-order valence-electron chi connectivity index (χ1n) is 12.5. The average Bonchev–Trinajstić information content (AvgIpc) is 3.35. The van der Waals surface area contributed by atoms with Crippen molar-refractivity contribution in [2.24, 2.45) is 0 Å². The Morgan fingerprint density at radius 3 is 2.17 bits per heavy atom. The molecule has 2 fully saturated rings. The molecule has 0 aromatic heterocycles. The molecule has 1 amide bonds. The minimum Gasteiger partial charge on any atom is -0.496 e. The zero-order valence-corrected chi connectivity index (χ0v) is 20.2. The number of benzene rings is 3. The van der Waals surface area contributed by atoms with Crippen LogP contribution in [0, 0.1) is 6.92 Å². The highest BCUT2D eigenvalue weighted by atomic mass is 16.6. The lowest BCUT2D eigenvalue weighted by Gasteiger charge is -2.43. The monoisotopic (exact) mass is 469 g/mol. The molecule has 3 aromatic carbocycles. The van der Waals surface area contributed by atoms with Crippen LogP contribution in [-0.4, -0.2) is 41.9 Å². The number of rotatable bonds is 4. The molecule has 2 bridgehead atoms. The molecule has 2 heterocycles. The van der Waals surface area contributed by atoms with Crippen molar-refractivity contribution in [2.75, 3.05) is 13.7 Å². The highest BCUT2D eigenvalue weighted by Crippen LogP contribution is 2.48. The van der Waals surface area contributed by atoms with E-state index in [2.05, 4.69) is 36.4 Å². The lowest BCUT2D eigenvalue weighted by atomic mass is 9.80. The van der Waals surface area contributed by atoms with Gasteiger partial charge in [0.1, 0.15) is 12.4 Å². The molecule has 3 aromatic rings. The minimum absolute atomic E-state index is 0.0262. The first kappa shape index (κ1) is 22.2. The Kier molecular flexibility index (Phi) is 5.33. The zero-order chi connectivity index (χ0) is 24.2. The first-order chi connectivity index (χ1) is 17.0. The highest BCUT2D eigenvalue weighted by Gasteiger charge is 2.51. The van der Waals surface area contributed by atoms with Gasteiger partial charge in [-0.1, -0.05) is 60.7 Å². The summed E-state index contributed by atoms with van der Waals surface area (Å²) in [7, 11) is 1.65. The van der Waals surface area contributed by atoms with Crippen molar-refractivity contribution < 1.29 is 19.4 Å². The summed E-state index contributed by atoms with van der Waals surface area (Å²) in [6, 6.07) is 22.6. The number of ether oxygens (including phenoxy) is 2. The number of fused-ring (bicyclic) bond motifs is 5. The van der Waals surface area contributed by atoms with Crippen molar-refractivity contribution in [1.82, 2.24) is 4.90 Å². The number of aliphatic hydroxyl groups is 1. The predicted octanol–water partition coefficient (Wildman–Crippen LogP) is 5.77. The van der Waals surface area contributed by atoms with Gasteiger partial charge < -0.3 is 19.5 Å². The number of hydrogen-bond acceptors (Lipinski definition) is 4. The lowest BCUT2D eigenvalue weighted by molar-refractivity contribution is -0.0532. The quantitative estimate of drug-likeness (QED) is 0.527. The summed E-state index contributed by atoms with van der Waals surface area (Å²) in [5.41, 5.74) is 5.81. The zero-order valence-electron chi connectivity index (χ0n) is 20.2. The number of nitrogens with zero attached hydrogens (tertiary/aromatic N) is 1. The first-order valence-corrected chi connectivity index (χ1v) is 12.5. The molecule has 2 saturated heterocycles. The Morgan fingerprint density at radius 1 is 0.971 bits per heavy atom. The second-order valence-electron chi connectivity index (χ2n) is 10.2. The summed E-state index contributed by atoms with van der Waals surface area (Å²) in [5.74, 6) is 0.827. The van der Waals surface area contributed by atoms with Gasteiger partial charge >= 0.3 is 6.09 Å². The van der Waals surface area contributed by atoms with E-state index in [9.17, 15) is 9.90 Å². The maximum atomic E-state index is 13.3. The van der Waals surface area contributed by atoms with Gasteiger partial charge in [0.15, 0.2) is 0 Å². The molecule has 5 heteroatoms. The third kappa shape index (κ3) is 3.61. The Labute approximate surface area is 206 Å². The smallest absolute Gasteiger partial charge is 0.410 e. The van der Waals surface area contributed by atoms with Gasteiger partial charge in [0.25, 0.3) is 0 Å². The second-order valence-corrected chi connectivity index (χ2v) is 10.2. The largest absolute Gasteiger partial charge is 0.496 e. The van der Waals surface area contributed by atoms with Crippen LogP contribution < -0.4 is 4.74 Å². The highest BCUT2D eigenvalue weighted by molar-refractivity contribution is 5.79. The maximum absolute atomic E-state index is 13.3. The molecule has 3 aliphatic rings. The molecule has 35 heavy (non-hydrogen) atoms. The van der Waals surface area contributed by atoms with Gasteiger partial charge in [-0.05, 0) is 59.2 Å². The van der Waals surface area contributed by atoms with E-state index in [1.165, 1.54) is 22.3 Å². The van der Waals surface area contributed by atoms with Gasteiger partial charge in [-0.25, -0.2) is 4.79 Å². The molecule has 0 spiro atoms. The summed E-state index contributed by atoms with van der Waals surface area (Å²) in [6.07, 6.45) is 2.54. The molecular formula is C30H31NO4. The summed E-state index contributed by atoms with van der Waals surface area (Å²) in [6.45, 7) is 2.32. The summed E-state index contributed by atoms with van der Waals surface area (Å²) in [4.78, 5) is 15.2. The number of hydrogen-bond donors (Lipinski definition) is 1. The Bertz CT molecular complexity index is 1230. The predicted molar refractivity (Wildman–Crippen MR) is 135 cm³/mol. The summed E-state index contributed by atoms with van der Waals surface area (Å²) >= 11 is 0. The van der Waals surface area contributed by atoms with Crippen molar-refractivity contribution in [3.63, 3.8) is 0 Å². The summed E-state index contributed by atoms with van der Waals surface area (Å²) in [5, 5.41) is 11.6. The van der Waals surface area contributed by atoms with E-state index in [0.717, 1.165) is 29.7 Å².